The number of aromatic nitrogens is 1. The highest BCUT2D eigenvalue weighted by Crippen LogP contribution is 2.39. The van der Waals surface area contributed by atoms with Crippen molar-refractivity contribution in [2.45, 2.75) is 6.92 Å². The molecule has 0 spiro atoms. The normalized spacial score (nSPS) is 11.0. The summed E-state index contributed by atoms with van der Waals surface area (Å²) in [4.78, 5) is 29.7. The number of rotatable bonds is 11. The molecule has 0 saturated heterocycles. The van der Waals surface area contributed by atoms with Crippen molar-refractivity contribution in [3.8, 4) is 39.9 Å². The molecule has 0 unspecified atom stereocenters. The molecule has 1 amide bonds. The van der Waals surface area contributed by atoms with Crippen LogP contribution in [-0.4, -0.2) is 51.0 Å². The van der Waals surface area contributed by atoms with Gasteiger partial charge in [-0.2, -0.15) is 5.10 Å². The summed E-state index contributed by atoms with van der Waals surface area (Å²) in [6, 6.07) is 21.1. The number of amides is 1. The van der Waals surface area contributed by atoms with E-state index in [9.17, 15) is 9.59 Å². The van der Waals surface area contributed by atoms with Gasteiger partial charge in [0.25, 0.3) is 5.91 Å². The first-order valence-corrected chi connectivity index (χ1v) is 15.4. The van der Waals surface area contributed by atoms with Gasteiger partial charge < -0.3 is 28.7 Å². The van der Waals surface area contributed by atoms with Gasteiger partial charge >= 0.3 is 5.97 Å². The van der Waals surface area contributed by atoms with Crippen LogP contribution in [-0.2, 0) is 0 Å². The average Bonchev–Trinajstić information content (AvgIpc) is 3.43. The Labute approximate surface area is 283 Å². The lowest BCUT2D eigenvalue weighted by Gasteiger charge is -2.15. The number of benzene rings is 4. The average molecular weight is 754 g/mol. The lowest BCUT2D eigenvalue weighted by molar-refractivity contribution is 0.0727. The minimum Gasteiger partial charge on any atom is -0.493 e. The van der Waals surface area contributed by atoms with Crippen molar-refractivity contribution >= 4 is 63.2 Å². The maximum atomic E-state index is 13.4. The van der Waals surface area contributed by atoms with Crippen molar-refractivity contribution in [1.82, 2.24) is 10.4 Å². The third-order valence-electron chi connectivity index (χ3n) is 6.88. The summed E-state index contributed by atoms with van der Waals surface area (Å²) >= 11 is 8.77. The van der Waals surface area contributed by atoms with Gasteiger partial charge in [-0.05, 0) is 89.7 Å². The van der Waals surface area contributed by atoms with E-state index in [4.69, 9.17) is 35.3 Å². The second-order valence-corrected chi connectivity index (χ2v) is 11.3. The number of carbonyl (C=O) groups excluding carboxylic acids is 2. The molecule has 5 aromatic rings. The molecule has 0 radical (unpaired) electrons. The van der Waals surface area contributed by atoms with Crippen LogP contribution in [0.25, 0.3) is 22.0 Å². The third-order valence-corrected chi connectivity index (χ3v) is 7.88. The van der Waals surface area contributed by atoms with Crippen LogP contribution < -0.4 is 29.1 Å². The molecule has 12 heteroatoms. The lowest BCUT2D eigenvalue weighted by atomic mass is 10.0. The summed E-state index contributed by atoms with van der Waals surface area (Å²) in [6.07, 6.45) is 1.46. The van der Waals surface area contributed by atoms with Crippen LogP contribution in [0.2, 0.25) is 5.02 Å². The Morgan fingerprint density at radius 1 is 0.913 bits per heavy atom. The maximum absolute atomic E-state index is 13.4. The highest BCUT2D eigenvalue weighted by molar-refractivity contribution is 14.1. The number of fused-ring (bicyclic) bond motifs is 1. The van der Waals surface area contributed by atoms with Gasteiger partial charge in [0.2, 0.25) is 5.75 Å². The van der Waals surface area contributed by atoms with E-state index in [0.717, 1.165) is 20.0 Å². The van der Waals surface area contributed by atoms with Crippen molar-refractivity contribution < 1.29 is 33.3 Å². The summed E-state index contributed by atoms with van der Waals surface area (Å²) in [5.41, 5.74) is 5.91. The summed E-state index contributed by atoms with van der Waals surface area (Å²) in [6.45, 7) is 2.12. The molecule has 46 heavy (non-hydrogen) atoms. The number of aromatic amines is 1. The molecule has 4 aromatic carbocycles. The largest absolute Gasteiger partial charge is 0.493 e. The lowest BCUT2D eigenvalue weighted by Crippen LogP contribution is -2.19. The number of hydrogen-bond acceptors (Lipinski definition) is 8. The van der Waals surface area contributed by atoms with Crippen LogP contribution in [0.1, 0.15) is 33.3 Å². The second-order valence-electron chi connectivity index (χ2n) is 9.69. The standard InChI is InChI=1S/C34H29ClIN3O7/c1-5-45-27-14-19(10-13-26(27)46-34(41)20-15-28(42-2)32(44-4)29(16-20)43-3)18-37-39-33(40)31-30(22-8-6-7-9-24(22)35)23-17-21(36)11-12-25(23)38-31/h6-18,38H,5H2,1-4H3,(H,39,40). The molecule has 0 aliphatic rings. The molecule has 5 rings (SSSR count). The predicted octanol–water partition coefficient (Wildman–Crippen LogP) is 7.50. The zero-order valence-electron chi connectivity index (χ0n) is 25.3. The number of H-pyrrole nitrogens is 1. The van der Waals surface area contributed by atoms with Gasteiger partial charge in [0.15, 0.2) is 23.0 Å². The molecule has 0 fully saturated rings. The van der Waals surface area contributed by atoms with Gasteiger partial charge in [0, 0.05) is 30.6 Å². The number of carbonyl (C=O) groups is 2. The van der Waals surface area contributed by atoms with Crippen LogP contribution in [0.5, 0.6) is 28.7 Å². The van der Waals surface area contributed by atoms with Gasteiger partial charge in [-0.3, -0.25) is 4.79 Å². The van der Waals surface area contributed by atoms with E-state index >= 15 is 0 Å². The maximum Gasteiger partial charge on any atom is 0.343 e. The van der Waals surface area contributed by atoms with E-state index in [0.29, 0.717) is 51.4 Å². The topological polar surface area (TPSA) is 120 Å². The highest BCUT2D eigenvalue weighted by atomic mass is 127. The molecule has 0 saturated carbocycles. The van der Waals surface area contributed by atoms with Gasteiger partial charge in [0.1, 0.15) is 5.69 Å². The number of halogens is 2. The van der Waals surface area contributed by atoms with E-state index in [1.54, 1.807) is 24.3 Å². The number of ether oxygens (including phenoxy) is 5. The van der Waals surface area contributed by atoms with E-state index in [1.165, 1.54) is 39.7 Å². The Balaban J connectivity index is 1.37. The molecule has 1 heterocycles. The highest BCUT2D eigenvalue weighted by Gasteiger charge is 2.22. The van der Waals surface area contributed by atoms with Gasteiger partial charge in [-0.15, -0.1) is 0 Å². The predicted molar refractivity (Wildman–Crippen MR) is 185 cm³/mol. The van der Waals surface area contributed by atoms with Gasteiger partial charge in [-0.25, -0.2) is 10.2 Å². The number of esters is 1. The molecule has 1 aromatic heterocycles. The summed E-state index contributed by atoms with van der Waals surface area (Å²) < 4.78 is 28.4. The van der Waals surface area contributed by atoms with Crippen LogP contribution in [0.3, 0.4) is 0 Å². The van der Waals surface area contributed by atoms with Crippen LogP contribution in [0, 0.1) is 3.57 Å². The number of methoxy groups -OCH3 is 3. The minimum atomic E-state index is -0.656. The van der Waals surface area contributed by atoms with E-state index < -0.39 is 11.9 Å². The minimum absolute atomic E-state index is 0.188. The first-order valence-electron chi connectivity index (χ1n) is 14.0. The summed E-state index contributed by atoms with van der Waals surface area (Å²) in [5.74, 6) is 0.382. The van der Waals surface area contributed by atoms with Crippen molar-refractivity contribution in [3.63, 3.8) is 0 Å². The van der Waals surface area contributed by atoms with Gasteiger partial charge in [0.05, 0.1) is 39.7 Å². The van der Waals surface area contributed by atoms with Crippen molar-refractivity contribution in [1.29, 1.82) is 0 Å². The van der Waals surface area contributed by atoms with E-state index in [2.05, 4.69) is 38.1 Å². The molecule has 236 valence electrons. The molecule has 0 aliphatic heterocycles. The van der Waals surface area contributed by atoms with Crippen LogP contribution in [0.4, 0.5) is 0 Å². The number of hydrogen-bond donors (Lipinski definition) is 2. The number of hydrazone groups is 1. The third kappa shape index (κ3) is 6.90. The first-order chi connectivity index (χ1) is 22.3. The fourth-order valence-electron chi connectivity index (χ4n) is 4.81. The van der Waals surface area contributed by atoms with E-state index in [-0.39, 0.29) is 11.3 Å². The number of nitrogens with one attached hydrogen (secondary N) is 2. The number of nitrogens with zero attached hydrogens (tertiary/aromatic N) is 1. The van der Waals surface area contributed by atoms with E-state index in [1.807, 2.05) is 43.3 Å². The summed E-state index contributed by atoms with van der Waals surface area (Å²) in [5, 5.41) is 5.57. The quantitative estimate of drug-likeness (QED) is 0.0472. The van der Waals surface area contributed by atoms with Crippen molar-refractivity contribution in [2.75, 3.05) is 27.9 Å². The van der Waals surface area contributed by atoms with Crippen LogP contribution >= 0.6 is 34.2 Å². The van der Waals surface area contributed by atoms with Crippen LogP contribution in [0.15, 0.2) is 77.9 Å². The fraction of sp³-hybridized carbons (Fsp3) is 0.147. The Morgan fingerprint density at radius 2 is 1.65 bits per heavy atom. The van der Waals surface area contributed by atoms with Crippen molar-refractivity contribution in [2.24, 2.45) is 5.10 Å². The zero-order valence-corrected chi connectivity index (χ0v) is 28.2. The molecular weight excluding hydrogens is 725 g/mol. The van der Waals surface area contributed by atoms with Crippen molar-refractivity contribution in [3.05, 3.63) is 98.2 Å². The molecule has 2 N–H and O–H groups in total. The Kier molecular flexibility index (Phi) is 10.3. The first kappa shape index (κ1) is 32.6. The molecule has 0 bridgehead atoms. The zero-order chi connectivity index (χ0) is 32.8. The Morgan fingerprint density at radius 3 is 2.33 bits per heavy atom. The Bertz CT molecular complexity index is 1930. The fourth-order valence-corrected chi connectivity index (χ4v) is 5.54. The second kappa shape index (κ2) is 14.6. The van der Waals surface area contributed by atoms with Gasteiger partial charge in [-0.1, -0.05) is 29.8 Å². The molecule has 0 aliphatic carbocycles. The molecule has 0 atom stereocenters. The Hall–Kier alpha value is -4.75. The monoisotopic (exact) mass is 753 g/mol. The molecule has 10 nitrogen and oxygen atoms in total. The smallest absolute Gasteiger partial charge is 0.343 e. The summed E-state index contributed by atoms with van der Waals surface area (Å²) in [7, 11) is 4.39. The SMILES string of the molecule is CCOc1cc(C=NNC(=O)c2[nH]c3ccc(I)cc3c2-c2ccccc2Cl)ccc1OC(=O)c1cc(OC)c(OC)c(OC)c1. The molecular formula is C34H29ClIN3O7.